The highest BCUT2D eigenvalue weighted by atomic mass is 16.9. The summed E-state index contributed by atoms with van der Waals surface area (Å²) in [5.74, 6) is -5.69. The van der Waals surface area contributed by atoms with Crippen LogP contribution in [0, 0.1) is 22.2 Å². The van der Waals surface area contributed by atoms with Crippen LogP contribution in [0.15, 0.2) is 34.7 Å². The zero-order chi connectivity index (χ0) is 34.8. The quantitative estimate of drug-likeness (QED) is 0.328. The SMILES string of the molecule is CCC(=O)O[C@@H]1[C@@]2(OC(C)=O)[C@@H](OC(C)=O)[C@@]3(C)C[C@]24O[C@@]2(C)O[C@@]5(CC[C@]6(C)C(=CC(=O)O[C@H]6c6ccoc6)[C@@]15O2)[C@@]41COC(=O)C[C@@H]31. The summed E-state index contributed by atoms with van der Waals surface area (Å²) in [6.07, 6.45) is 1.24. The Balaban J connectivity index is 1.44. The predicted molar refractivity (Wildman–Crippen MR) is 157 cm³/mol. The van der Waals surface area contributed by atoms with Gasteiger partial charge in [0.2, 0.25) is 5.60 Å². The molecule has 4 bridgehead atoms. The van der Waals surface area contributed by atoms with Crippen LogP contribution in [0.4, 0.5) is 0 Å². The lowest BCUT2D eigenvalue weighted by Gasteiger charge is -2.76. The highest BCUT2D eigenvalue weighted by molar-refractivity contribution is 5.86. The fraction of sp³-hybridized carbons (Fsp3) is 0.686. The summed E-state index contributed by atoms with van der Waals surface area (Å²) in [5, 5.41) is 0. The number of carbonyl (C=O) groups is 5. The van der Waals surface area contributed by atoms with E-state index in [0.717, 1.165) is 0 Å². The summed E-state index contributed by atoms with van der Waals surface area (Å²) < 4.78 is 58.1. The number of rotatable bonds is 5. The third-order valence-electron chi connectivity index (χ3n) is 13.4. The van der Waals surface area contributed by atoms with Gasteiger partial charge in [-0.25, -0.2) is 4.79 Å². The molecule has 0 aromatic carbocycles. The molecule has 4 aliphatic heterocycles. The third kappa shape index (κ3) is 3.04. The number of hydrogen-bond donors (Lipinski definition) is 0. The van der Waals surface area contributed by atoms with Gasteiger partial charge in [0.15, 0.2) is 17.8 Å². The Morgan fingerprint density at radius 3 is 2.39 bits per heavy atom. The van der Waals surface area contributed by atoms with Crippen LogP contribution < -0.4 is 0 Å². The molecule has 8 aliphatic rings. The first kappa shape index (κ1) is 31.2. The maximum Gasteiger partial charge on any atom is 0.331 e. The van der Waals surface area contributed by atoms with E-state index in [4.69, 9.17) is 42.3 Å². The highest BCUT2D eigenvalue weighted by Crippen LogP contribution is 2.90. The summed E-state index contributed by atoms with van der Waals surface area (Å²) in [6.45, 7) is 9.29. The van der Waals surface area contributed by atoms with Crippen molar-refractivity contribution in [2.24, 2.45) is 22.2 Å². The fourth-order valence-electron chi connectivity index (χ4n) is 12.5. The first-order valence-electron chi connectivity index (χ1n) is 16.8. The number of furan rings is 1. The molecule has 0 N–H and O–H groups in total. The molecule has 0 amide bonds. The second kappa shape index (κ2) is 8.93. The Hall–Kier alpha value is -3.75. The van der Waals surface area contributed by atoms with E-state index in [2.05, 4.69) is 0 Å². The van der Waals surface area contributed by atoms with Crippen molar-refractivity contribution in [2.75, 3.05) is 6.61 Å². The van der Waals surface area contributed by atoms with E-state index in [0.29, 0.717) is 17.6 Å². The van der Waals surface area contributed by atoms with Crippen LogP contribution in [0.3, 0.4) is 0 Å². The van der Waals surface area contributed by atoms with E-state index in [1.54, 1.807) is 19.9 Å². The van der Waals surface area contributed by atoms with E-state index in [1.165, 1.54) is 32.4 Å². The maximum absolute atomic E-state index is 13.8. The van der Waals surface area contributed by atoms with Gasteiger partial charge in [-0.1, -0.05) is 20.8 Å². The number of cyclic esters (lactones) is 2. The molecule has 5 heterocycles. The lowest BCUT2D eigenvalue weighted by Crippen LogP contribution is -2.94. The summed E-state index contributed by atoms with van der Waals surface area (Å²) in [6, 6.07) is 1.71. The second-order valence-electron chi connectivity index (χ2n) is 15.6. The van der Waals surface area contributed by atoms with Gasteiger partial charge in [0.25, 0.3) is 5.97 Å². The van der Waals surface area contributed by atoms with Crippen molar-refractivity contribution in [1.29, 1.82) is 0 Å². The van der Waals surface area contributed by atoms with Crippen molar-refractivity contribution in [1.82, 2.24) is 0 Å². The molecular weight excluding hydrogens is 644 g/mol. The lowest BCUT2D eigenvalue weighted by atomic mass is 9.34. The number of ether oxygens (including phenoxy) is 8. The van der Waals surface area contributed by atoms with Gasteiger partial charge in [-0.05, 0) is 36.8 Å². The van der Waals surface area contributed by atoms with Gasteiger partial charge >= 0.3 is 29.8 Å². The zero-order valence-electron chi connectivity index (χ0n) is 28.1. The van der Waals surface area contributed by atoms with Crippen LogP contribution in [0.1, 0.15) is 85.3 Å². The molecule has 4 saturated carbocycles. The molecule has 0 unspecified atom stereocenters. The van der Waals surface area contributed by atoms with Gasteiger partial charge in [-0.15, -0.1) is 0 Å². The molecule has 14 heteroatoms. The smallest absolute Gasteiger partial charge is 0.331 e. The number of esters is 5. The van der Waals surface area contributed by atoms with Crippen molar-refractivity contribution >= 4 is 29.8 Å². The van der Waals surface area contributed by atoms with Crippen LogP contribution in [0.5, 0.6) is 0 Å². The van der Waals surface area contributed by atoms with Crippen LogP contribution in [0.2, 0.25) is 0 Å². The van der Waals surface area contributed by atoms with Crippen LogP contribution in [-0.2, 0) is 61.9 Å². The average molecular weight is 683 g/mol. The topological polar surface area (TPSA) is 172 Å². The van der Waals surface area contributed by atoms with E-state index in [-0.39, 0.29) is 32.3 Å². The minimum Gasteiger partial charge on any atom is -0.472 e. The highest BCUT2D eigenvalue weighted by Gasteiger charge is 3.06. The van der Waals surface area contributed by atoms with Crippen LogP contribution in [-0.4, -0.2) is 77.0 Å². The van der Waals surface area contributed by atoms with Gasteiger partial charge in [0, 0.05) is 56.1 Å². The predicted octanol–water partition coefficient (Wildman–Crippen LogP) is 3.11. The molecule has 3 spiro atoms. The standard InChI is InChI=1S/C35H38O14/c1-7-22(38)45-27-34-21-13-24(40)44-25(19-8-11-41-14-19)28(21,4)9-10-32(34)31-16-42-23(39)12-20(31)29(5)15-33(31,48-30(6,47-32)49-34)35(27,46-18(3)37)26(29)43-17(2)36/h8,11,13-14,20,25-27H,7,9-10,12,15-16H2,1-6H3/t20-,25-,26-,27-,28+,29-,30+,31-,32-,33+,34+,35-/m0/s1. The molecule has 4 aliphatic carbocycles. The molecule has 3 saturated heterocycles. The average Bonchev–Trinajstić information content (AvgIpc) is 3.73. The maximum atomic E-state index is 13.8. The van der Waals surface area contributed by atoms with Gasteiger partial charge in [-0.2, -0.15) is 0 Å². The van der Waals surface area contributed by atoms with E-state index < -0.39 is 98.7 Å². The lowest BCUT2D eigenvalue weighted by molar-refractivity contribution is -0.482. The minimum absolute atomic E-state index is 0.0708. The number of fused-ring (bicyclic) bond motifs is 4. The van der Waals surface area contributed by atoms with E-state index >= 15 is 0 Å². The molecule has 49 heavy (non-hydrogen) atoms. The van der Waals surface area contributed by atoms with Gasteiger partial charge in [0.05, 0.1) is 17.9 Å². The molecule has 7 fully saturated rings. The zero-order valence-corrected chi connectivity index (χ0v) is 28.1. The first-order valence-corrected chi connectivity index (χ1v) is 16.8. The molecule has 262 valence electrons. The Morgan fingerprint density at radius 1 is 0.959 bits per heavy atom. The van der Waals surface area contributed by atoms with Gasteiger partial charge < -0.3 is 42.3 Å². The van der Waals surface area contributed by atoms with Crippen LogP contribution in [0.25, 0.3) is 0 Å². The summed E-state index contributed by atoms with van der Waals surface area (Å²) in [4.78, 5) is 67.3. The van der Waals surface area contributed by atoms with Crippen LogP contribution >= 0.6 is 0 Å². The van der Waals surface area contributed by atoms with Crippen molar-refractivity contribution in [2.45, 2.75) is 120 Å². The van der Waals surface area contributed by atoms with Gasteiger partial charge in [0.1, 0.15) is 23.9 Å². The molecule has 9 rings (SSSR count). The van der Waals surface area contributed by atoms with Crippen molar-refractivity contribution in [3.63, 3.8) is 0 Å². The van der Waals surface area contributed by atoms with Crippen molar-refractivity contribution in [3.05, 3.63) is 35.8 Å². The summed E-state index contributed by atoms with van der Waals surface area (Å²) >= 11 is 0. The monoisotopic (exact) mass is 682 g/mol. The number of carbonyl (C=O) groups excluding carboxylic acids is 5. The molecule has 0 radical (unpaired) electrons. The molecule has 14 nitrogen and oxygen atoms in total. The molecule has 12 atom stereocenters. The minimum atomic E-state index is -2.05. The normalized spacial score (nSPS) is 50.7. The van der Waals surface area contributed by atoms with E-state index in [9.17, 15) is 24.0 Å². The first-order chi connectivity index (χ1) is 23.0. The van der Waals surface area contributed by atoms with Crippen molar-refractivity contribution in [3.8, 4) is 0 Å². The fourth-order valence-corrected chi connectivity index (χ4v) is 12.5. The Kier molecular flexibility index (Phi) is 5.70. The summed E-state index contributed by atoms with van der Waals surface area (Å²) in [5.41, 5.74) is -9.47. The molecule has 1 aromatic heterocycles. The second-order valence-corrected chi connectivity index (χ2v) is 15.6. The van der Waals surface area contributed by atoms with E-state index in [1.807, 2.05) is 13.8 Å². The van der Waals surface area contributed by atoms with Crippen molar-refractivity contribution < 1.29 is 66.3 Å². The molecular formula is C35H38O14. The number of hydrogen-bond acceptors (Lipinski definition) is 14. The van der Waals surface area contributed by atoms with Gasteiger partial charge in [-0.3, -0.25) is 19.2 Å². The largest absolute Gasteiger partial charge is 0.472 e. The Labute approximate surface area is 281 Å². The Bertz CT molecular complexity index is 1780. The summed E-state index contributed by atoms with van der Waals surface area (Å²) in [7, 11) is 0. The third-order valence-corrected chi connectivity index (χ3v) is 13.4. The molecule has 1 aromatic rings. The Morgan fingerprint density at radius 2 is 1.71 bits per heavy atom.